The van der Waals surface area contributed by atoms with Gasteiger partial charge in [-0.2, -0.15) is 0 Å². The van der Waals surface area contributed by atoms with Gasteiger partial charge < -0.3 is 15.3 Å². The number of hydrogen-bond donors (Lipinski definition) is 2. The molecule has 94 valence electrons. The maximum absolute atomic E-state index is 9.61. The lowest BCUT2D eigenvalue weighted by Crippen LogP contribution is -2.24. The lowest BCUT2D eigenvalue weighted by molar-refractivity contribution is 0.198. The molecule has 1 fully saturated rings. The molecular formula is C13H19ClN2O. The molecule has 0 aliphatic carbocycles. The van der Waals surface area contributed by atoms with Crippen molar-refractivity contribution in [3.05, 3.63) is 28.8 Å². The largest absolute Gasteiger partial charge is 0.391 e. The van der Waals surface area contributed by atoms with Crippen molar-refractivity contribution in [2.24, 2.45) is 0 Å². The topological polar surface area (TPSA) is 35.5 Å². The predicted octanol–water partition coefficient (Wildman–Crippen LogP) is 2.02. The highest BCUT2D eigenvalue weighted by Crippen LogP contribution is 2.28. The summed E-state index contributed by atoms with van der Waals surface area (Å²) in [4.78, 5) is 2.21. The first-order chi connectivity index (χ1) is 8.20. The van der Waals surface area contributed by atoms with Gasteiger partial charge in [0.25, 0.3) is 0 Å². The number of benzene rings is 1. The van der Waals surface area contributed by atoms with Gasteiger partial charge in [-0.3, -0.25) is 0 Å². The number of rotatable bonds is 4. The average molecular weight is 255 g/mol. The molecule has 0 radical (unpaired) electrons. The number of β-amino-alcohol motifs (C(OH)–C–C–N with tert-alkyl or cyclic N) is 1. The van der Waals surface area contributed by atoms with Crippen LogP contribution >= 0.6 is 11.6 Å². The number of halogens is 1. The Labute approximate surface area is 107 Å². The van der Waals surface area contributed by atoms with Crippen LogP contribution in [0.15, 0.2) is 18.2 Å². The van der Waals surface area contributed by atoms with E-state index in [1.54, 1.807) is 0 Å². The number of nitrogens with zero attached hydrogens (tertiary/aromatic N) is 1. The Morgan fingerprint density at radius 3 is 3.00 bits per heavy atom. The van der Waals surface area contributed by atoms with Crippen molar-refractivity contribution in [1.82, 2.24) is 5.32 Å². The lowest BCUT2D eigenvalue weighted by Gasteiger charge is -2.22. The molecule has 0 bridgehead atoms. The number of nitrogens with one attached hydrogen (secondary N) is 1. The highest BCUT2D eigenvalue weighted by atomic mass is 35.5. The summed E-state index contributed by atoms with van der Waals surface area (Å²) in [6.07, 6.45) is 0.633. The van der Waals surface area contributed by atoms with Crippen LogP contribution in [0.1, 0.15) is 18.9 Å². The van der Waals surface area contributed by atoms with E-state index in [1.807, 2.05) is 12.1 Å². The van der Waals surface area contributed by atoms with Gasteiger partial charge in [-0.1, -0.05) is 24.6 Å². The fourth-order valence-electron chi connectivity index (χ4n) is 2.20. The van der Waals surface area contributed by atoms with Crippen LogP contribution in [0.2, 0.25) is 5.02 Å². The normalized spacial score (nSPS) is 19.9. The van der Waals surface area contributed by atoms with Crippen molar-refractivity contribution in [3.8, 4) is 0 Å². The molecule has 3 nitrogen and oxygen atoms in total. The third kappa shape index (κ3) is 3.12. The first kappa shape index (κ1) is 12.7. The summed E-state index contributed by atoms with van der Waals surface area (Å²) in [6.45, 7) is 5.50. The summed E-state index contributed by atoms with van der Waals surface area (Å²) in [5.41, 5.74) is 2.39. The van der Waals surface area contributed by atoms with Crippen LogP contribution in [-0.4, -0.2) is 30.8 Å². The van der Waals surface area contributed by atoms with Crippen molar-refractivity contribution in [2.75, 3.05) is 24.5 Å². The molecule has 2 rings (SSSR count). The molecule has 1 aliphatic rings. The summed E-state index contributed by atoms with van der Waals surface area (Å²) in [6, 6.07) is 5.97. The second kappa shape index (κ2) is 5.71. The summed E-state index contributed by atoms with van der Waals surface area (Å²) in [5, 5.41) is 13.7. The number of anilines is 1. The van der Waals surface area contributed by atoms with Crippen LogP contribution in [0.4, 0.5) is 5.69 Å². The van der Waals surface area contributed by atoms with Crippen LogP contribution in [0.5, 0.6) is 0 Å². The zero-order valence-corrected chi connectivity index (χ0v) is 10.9. The van der Waals surface area contributed by atoms with Gasteiger partial charge in [0.15, 0.2) is 0 Å². The van der Waals surface area contributed by atoms with E-state index < -0.39 is 0 Å². The number of aliphatic hydroxyl groups is 1. The number of hydrogen-bond acceptors (Lipinski definition) is 3. The Morgan fingerprint density at radius 1 is 1.53 bits per heavy atom. The highest BCUT2D eigenvalue weighted by Gasteiger charge is 2.22. The molecule has 1 aromatic rings. The zero-order valence-electron chi connectivity index (χ0n) is 10.1. The summed E-state index contributed by atoms with van der Waals surface area (Å²) < 4.78 is 0. The number of aliphatic hydroxyl groups excluding tert-OH is 1. The fraction of sp³-hybridized carbons (Fsp3) is 0.538. The third-order valence-corrected chi connectivity index (χ3v) is 3.35. The molecular weight excluding hydrogens is 236 g/mol. The molecule has 0 spiro atoms. The van der Waals surface area contributed by atoms with E-state index in [1.165, 1.54) is 5.56 Å². The van der Waals surface area contributed by atoms with Crippen molar-refractivity contribution in [2.45, 2.75) is 26.0 Å². The summed E-state index contributed by atoms with van der Waals surface area (Å²) in [7, 11) is 0. The minimum Gasteiger partial charge on any atom is -0.391 e. The van der Waals surface area contributed by atoms with Crippen LogP contribution in [0.3, 0.4) is 0 Å². The van der Waals surface area contributed by atoms with E-state index in [0.29, 0.717) is 6.54 Å². The SMILES string of the molecule is CCNCc1ccc(Cl)cc1N1CCC(O)C1. The first-order valence-electron chi connectivity index (χ1n) is 6.13. The Bertz CT molecular complexity index is 384. The monoisotopic (exact) mass is 254 g/mol. The Hall–Kier alpha value is -0.770. The average Bonchev–Trinajstić information content (AvgIpc) is 2.74. The van der Waals surface area contributed by atoms with E-state index in [9.17, 15) is 5.11 Å². The molecule has 0 saturated carbocycles. The Balaban J connectivity index is 2.20. The molecule has 1 unspecified atom stereocenters. The molecule has 1 aromatic carbocycles. The van der Waals surface area contributed by atoms with Gasteiger partial charge in [0.1, 0.15) is 0 Å². The Kier molecular flexibility index (Phi) is 4.26. The lowest BCUT2D eigenvalue weighted by atomic mass is 10.1. The van der Waals surface area contributed by atoms with Crippen molar-refractivity contribution >= 4 is 17.3 Å². The van der Waals surface area contributed by atoms with Crippen molar-refractivity contribution in [1.29, 1.82) is 0 Å². The smallest absolute Gasteiger partial charge is 0.0731 e. The predicted molar refractivity (Wildman–Crippen MR) is 71.7 cm³/mol. The first-order valence-corrected chi connectivity index (χ1v) is 6.50. The molecule has 1 aliphatic heterocycles. The molecule has 17 heavy (non-hydrogen) atoms. The molecule has 1 heterocycles. The molecule has 2 N–H and O–H groups in total. The second-order valence-electron chi connectivity index (χ2n) is 4.44. The fourth-order valence-corrected chi connectivity index (χ4v) is 2.37. The summed E-state index contributed by atoms with van der Waals surface area (Å²) >= 11 is 6.06. The quantitative estimate of drug-likeness (QED) is 0.863. The second-order valence-corrected chi connectivity index (χ2v) is 4.88. The van der Waals surface area contributed by atoms with Crippen molar-refractivity contribution < 1.29 is 5.11 Å². The van der Waals surface area contributed by atoms with Crippen LogP contribution in [-0.2, 0) is 6.54 Å². The minimum absolute atomic E-state index is 0.207. The van der Waals surface area contributed by atoms with Gasteiger partial charge in [-0.25, -0.2) is 0 Å². The van der Waals surface area contributed by atoms with Gasteiger partial charge in [0, 0.05) is 30.3 Å². The molecule has 0 aromatic heterocycles. The van der Waals surface area contributed by atoms with Crippen LogP contribution in [0.25, 0.3) is 0 Å². The maximum atomic E-state index is 9.61. The van der Waals surface area contributed by atoms with Gasteiger partial charge in [-0.15, -0.1) is 0 Å². The highest BCUT2D eigenvalue weighted by molar-refractivity contribution is 6.30. The molecule has 1 atom stereocenters. The van der Waals surface area contributed by atoms with Crippen molar-refractivity contribution in [3.63, 3.8) is 0 Å². The van der Waals surface area contributed by atoms with E-state index in [-0.39, 0.29) is 6.10 Å². The van der Waals surface area contributed by atoms with Gasteiger partial charge in [0.05, 0.1) is 6.10 Å². The maximum Gasteiger partial charge on any atom is 0.0731 e. The molecule has 0 amide bonds. The zero-order chi connectivity index (χ0) is 12.3. The van der Waals surface area contributed by atoms with Crippen LogP contribution < -0.4 is 10.2 Å². The van der Waals surface area contributed by atoms with Gasteiger partial charge in [0.2, 0.25) is 0 Å². The van der Waals surface area contributed by atoms with E-state index in [4.69, 9.17) is 11.6 Å². The van der Waals surface area contributed by atoms with Crippen LogP contribution in [0, 0.1) is 0 Å². The van der Waals surface area contributed by atoms with Gasteiger partial charge in [-0.05, 0) is 30.7 Å². The Morgan fingerprint density at radius 2 is 2.35 bits per heavy atom. The van der Waals surface area contributed by atoms with Gasteiger partial charge >= 0.3 is 0 Å². The van der Waals surface area contributed by atoms with E-state index in [2.05, 4.69) is 23.2 Å². The van der Waals surface area contributed by atoms with E-state index >= 15 is 0 Å². The minimum atomic E-state index is -0.207. The molecule has 1 saturated heterocycles. The molecule has 4 heteroatoms. The third-order valence-electron chi connectivity index (χ3n) is 3.12. The standard InChI is InChI=1S/C13H19ClN2O/c1-2-15-8-10-3-4-11(14)7-13(10)16-6-5-12(17)9-16/h3-4,7,12,15,17H,2,5-6,8-9H2,1H3. The summed E-state index contributed by atoms with van der Waals surface area (Å²) in [5.74, 6) is 0. The van der Waals surface area contributed by atoms with E-state index in [0.717, 1.165) is 36.8 Å².